The molecule has 0 saturated heterocycles. The van der Waals surface area contributed by atoms with Crippen LogP contribution in [0.5, 0.6) is 0 Å². The van der Waals surface area contributed by atoms with E-state index in [1.807, 2.05) is 0 Å². The Labute approximate surface area is 121 Å². The number of hydrogen-bond donors (Lipinski definition) is 1. The third-order valence-electron chi connectivity index (χ3n) is 4.30. The van der Waals surface area contributed by atoms with Crippen LogP contribution in [0.1, 0.15) is 64.7 Å². The van der Waals surface area contributed by atoms with Crippen LogP contribution in [-0.4, -0.2) is 29.3 Å². The lowest BCUT2D eigenvalue weighted by molar-refractivity contribution is 0.235. The molecule has 0 saturated carbocycles. The van der Waals surface area contributed by atoms with Crippen LogP contribution >= 0.6 is 0 Å². The first-order valence-electron chi connectivity index (χ1n) is 7.91. The van der Waals surface area contributed by atoms with Crippen LogP contribution < -0.4 is 5.73 Å². The molecule has 0 aliphatic rings. The van der Waals surface area contributed by atoms with Gasteiger partial charge < -0.3 is 14.6 Å². The summed E-state index contributed by atoms with van der Waals surface area (Å²) in [7, 11) is 1.67. The zero-order valence-corrected chi connectivity index (χ0v) is 14.5. The summed E-state index contributed by atoms with van der Waals surface area (Å²) in [5.41, 5.74) is 6.05. The standard InChI is InChI=1S/C15H35NO2Si/c1-15(19(4,17-2)18-3)13-11-9-7-5-6-8-10-12-14-16/h15H,5-14,16H2,1-4H3. The second-order valence-corrected chi connectivity index (χ2v) is 9.57. The van der Waals surface area contributed by atoms with Crippen molar-refractivity contribution >= 4 is 8.56 Å². The molecule has 19 heavy (non-hydrogen) atoms. The molecule has 0 rings (SSSR count). The van der Waals surface area contributed by atoms with Crippen molar-refractivity contribution in [3.05, 3.63) is 0 Å². The Hall–Kier alpha value is 0.0969. The van der Waals surface area contributed by atoms with Gasteiger partial charge in [-0.05, 0) is 31.5 Å². The van der Waals surface area contributed by atoms with E-state index >= 15 is 0 Å². The van der Waals surface area contributed by atoms with Gasteiger partial charge in [0.15, 0.2) is 0 Å². The van der Waals surface area contributed by atoms with Gasteiger partial charge in [0.2, 0.25) is 0 Å². The molecule has 0 amide bonds. The van der Waals surface area contributed by atoms with E-state index in [0.29, 0.717) is 5.54 Å². The van der Waals surface area contributed by atoms with Crippen molar-refractivity contribution in [3.8, 4) is 0 Å². The molecule has 0 aromatic rings. The van der Waals surface area contributed by atoms with Gasteiger partial charge in [-0.1, -0.05) is 51.9 Å². The number of hydrogen-bond acceptors (Lipinski definition) is 3. The SMILES string of the molecule is CO[Si](C)(OC)C(C)CCCCCCCCCCN. The van der Waals surface area contributed by atoms with E-state index < -0.39 is 8.56 Å². The maximum atomic E-state index is 5.59. The normalized spacial score (nSPS) is 13.7. The molecular formula is C15H35NO2Si. The Kier molecular flexibility index (Phi) is 11.9. The highest BCUT2D eigenvalue weighted by Crippen LogP contribution is 2.28. The van der Waals surface area contributed by atoms with Gasteiger partial charge in [0.05, 0.1) is 0 Å². The number of rotatable bonds is 13. The summed E-state index contributed by atoms with van der Waals surface area (Å²) >= 11 is 0. The molecule has 1 unspecified atom stereocenters. The van der Waals surface area contributed by atoms with Gasteiger partial charge in [0.1, 0.15) is 0 Å². The molecule has 2 N–H and O–H groups in total. The van der Waals surface area contributed by atoms with Crippen molar-refractivity contribution in [1.82, 2.24) is 0 Å². The molecule has 116 valence electrons. The molecule has 0 aromatic heterocycles. The minimum Gasteiger partial charge on any atom is -0.398 e. The fraction of sp³-hybridized carbons (Fsp3) is 1.00. The zero-order chi connectivity index (χ0) is 14.6. The summed E-state index contributed by atoms with van der Waals surface area (Å²) in [6.45, 7) is 5.28. The summed E-state index contributed by atoms with van der Waals surface area (Å²) in [5, 5.41) is 0. The first-order chi connectivity index (χ1) is 9.10. The van der Waals surface area contributed by atoms with Gasteiger partial charge in [-0.15, -0.1) is 0 Å². The van der Waals surface area contributed by atoms with Crippen LogP contribution in [-0.2, 0) is 8.85 Å². The number of nitrogens with two attached hydrogens (primary N) is 1. The van der Waals surface area contributed by atoms with Crippen LogP contribution in [0.3, 0.4) is 0 Å². The Morgan fingerprint density at radius 1 is 0.842 bits per heavy atom. The monoisotopic (exact) mass is 289 g/mol. The molecule has 0 aliphatic carbocycles. The van der Waals surface area contributed by atoms with Crippen molar-refractivity contribution in [2.24, 2.45) is 5.73 Å². The molecule has 4 heteroatoms. The van der Waals surface area contributed by atoms with Crippen molar-refractivity contribution in [2.45, 2.75) is 76.8 Å². The van der Waals surface area contributed by atoms with Crippen LogP contribution in [0.15, 0.2) is 0 Å². The third kappa shape index (κ3) is 8.79. The highest BCUT2D eigenvalue weighted by Gasteiger charge is 2.35. The molecule has 0 radical (unpaired) electrons. The van der Waals surface area contributed by atoms with E-state index in [1.54, 1.807) is 14.2 Å². The average molecular weight is 290 g/mol. The number of unbranched alkanes of at least 4 members (excludes halogenated alkanes) is 7. The van der Waals surface area contributed by atoms with Crippen molar-refractivity contribution in [2.75, 3.05) is 20.8 Å². The van der Waals surface area contributed by atoms with Crippen LogP contribution in [0.4, 0.5) is 0 Å². The Bertz CT molecular complexity index is 199. The molecule has 0 bridgehead atoms. The first-order valence-corrected chi connectivity index (χ1v) is 10.3. The van der Waals surface area contributed by atoms with E-state index in [1.165, 1.54) is 57.8 Å². The maximum Gasteiger partial charge on any atom is 0.337 e. The van der Waals surface area contributed by atoms with E-state index in [4.69, 9.17) is 14.6 Å². The maximum absolute atomic E-state index is 5.59. The Morgan fingerprint density at radius 2 is 1.26 bits per heavy atom. The molecule has 3 nitrogen and oxygen atoms in total. The summed E-state index contributed by atoms with van der Waals surface area (Å²) in [5.74, 6) is 0. The van der Waals surface area contributed by atoms with Gasteiger partial charge in [-0.3, -0.25) is 0 Å². The van der Waals surface area contributed by atoms with E-state index in [0.717, 1.165) is 6.54 Å². The lowest BCUT2D eigenvalue weighted by Crippen LogP contribution is -2.40. The van der Waals surface area contributed by atoms with E-state index in [9.17, 15) is 0 Å². The fourth-order valence-electron chi connectivity index (χ4n) is 2.40. The second-order valence-electron chi connectivity index (χ2n) is 5.73. The first kappa shape index (κ1) is 19.1. The predicted molar refractivity (Wildman–Crippen MR) is 85.7 cm³/mol. The van der Waals surface area contributed by atoms with E-state index in [2.05, 4.69) is 13.5 Å². The van der Waals surface area contributed by atoms with Gasteiger partial charge in [-0.25, -0.2) is 0 Å². The summed E-state index contributed by atoms with van der Waals surface area (Å²) in [4.78, 5) is 0. The molecule has 0 aromatic carbocycles. The molecule has 1 atom stereocenters. The summed E-state index contributed by atoms with van der Waals surface area (Å²) in [6.07, 6.45) is 11.9. The highest BCUT2D eigenvalue weighted by molar-refractivity contribution is 6.67. The molecule has 0 fully saturated rings. The van der Waals surface area contributed by atoms with Gasteiger partial charge in [-0.2, -0.15) is 0 Å². The minimum absolute atomic E-state index is 0.576. The van der Waals surface area contributed by atoms with Crippen molar-refractivity contribution in [3.63, 3.8) is 0 Å². The van der Waals surface area contributed by atoms with Gasteiger partial charge in [0, 0.05) is 14.2 Å². The largest absolute Gasteiger partial charge is 0.398 e. The summed E-state index contributed by atoms with van der Waals surface area (Å²) in [6, 6.07) is 0. The topological polar surface area (TPSA) is 44.5 Å². The minimum atomic E-state index is -1.90. The Morgan fingerprint density at radius 3 is 1.68 bits per heavy atom. The second kappa shape index (κ2) is 11.9. The van der Waals surface area contributed by atoms with Crippen LogP contribution in [0.2, 0.25) is 12.1 Å². The van der Waals surface area contributed by atoms with Crippen LogP contribution in [0, 0.1) is 0 Å². The molecule has 0 spiro atoms. The van der Waals surface area contributed by atoms with Crippen LogP contribution in [0.25, 0.3) is 0 Å². The molecule has 0 aliphatic heterocycles. The van der Waals surface area contributed by atoms with Crippen molar-refractivity contribution < 1.29 is 8.85 Å². The highest BCUT2D eigenvalue weighted by atomic mass is 28.4. The average Bonchev–Trinajstić information content (AvgIpc) is 2.44. The zero-order valence-electron chi connectivity index (χ0n) is 13.5. The smallest absolute Gasteiger partial charge is 0.337 e. The quantitative estimate of drug-likeness (QED) is 0.408. The lowest BCUT2D eigenvalue weighted by atomic mass is 10.1. The molecular weight excluding hydrogens is 254 g/mol. The fourth-order valence-corrected chi connectivity index (χ4v) is 4.10. The van der Waals surface area contributed by atoms with Gasteiger partial charge >= 0.3 is 8.56 Å². The van der Waals surface area contributed by atoms with E-state index in [-0.39, 0.29) is 0 Å². The Balaban J connectivity index is 3.43. The lowest BCUT2D eigenvalue weighted by Gasteiger charge is -2.29. The third-order valence-corrected chi connectivity index (χ3v) is 8.00. The van der Waals surface area contributed by atoms with Gasteiger partial charge in [0.25, 0.3) is 0 Å². The van der Waals surface area contributed by atoms with Crippen molar-refractivity contribution in [1.29, 1.82) is 0 Å². The summed E-state index contributed by atoms with van der Waals surface area (Å²) < 4.78 is 11.2. The molecule has 0 heterocycles. The predicted octanol–water partition coefficient (Wildman–Crippen LogP) is 4.21.